The van der Waals surface area contributed by atoms with Crippen LogP contribution in [0.3, 0.4) is 0 Å². The Morgan fingerprint density at radius 3 is 3.15 bits per heavy atom. The largest absolute Gasteiger partial charge is 0.481 e. The lowest BCUT2D eigenvalue weighted by Gasteiger charge is -2.11. The number of hydrogen-bond donors (Lipinski definition) is 1. The summed E-state index contributed by atoms with van der Waals surface area (Å²) in [5, 5.41) is 3.20. The number of aromatic nitrogens is 4. The highest BCUT2D eigenvalue weighted by molar-refractivity contribution is 5.27. The highest BCUT2D eigenvalue weighted by Gasteiger charge is 2.11. The molecule has 6 nitrogen and oxygen atoms in total. The molecule has 3 rings (SSSR count). The van der Waals surface area contributed by atoms with Gasteiger partial charge in [-0.15, -0.1) is 0 Å². The topological polar surface area (TPSA) is 64.9 Å². The van der Waals surface area contributed by atoms with Crippen molar-refractivity contribution in [2.45, 2.75) is 32.2 Å². The predicted octanol–water partition coefficient (Wildman–Crippen LogP) is 1.67. The van der Waals surface area contributed by atoms with Crippen LogP contribution in [0.1, 0.15) is 24.4 Å². The minimum absolute atomic E-state index is 0.569. The van der Waals surface area contributed by atoms with Gasteiger partial charge in [0.1, 0.15) is 5.82 Å². The van der Waals surface area contributed by atoms with Crippen LogP contribution >= 0.6 is 0 Å². The average molecular weight is 273 g/mol. The number of methoxy groups -OCH3 is 1. The van der Waals surface area contributed by atoms with Crippen LogP contribution in [-0.4, -0.2) is 33.2 Å². The molecule has 1 N–H and O–H groups in total. The predicted molar refractivity (Wildman–Crippen MR) is 75.9 cm³/mol. The number of ether oxygens (including phenoxy) is 1. The summed E-state index contributed by atoms with van der Waals surface area (Å²) in [5.74, 6) is 2.39. The Morgan fingerprint density at radius 2 is 2.30 bits per heavy atom. The third-order valence-corrected chi connectivity index (χ3v) is 3.46. The van der Waals surface area contributed by atoms with Crippen molar-refractivity contribution in [3.8, 4) is 5.88 Å². The summed E-state index contributed by atoms with van der Waals surface area (Å²) >= 11 is 0. The molecule has 0 bridgehead atoms. The van der Waals surface area contributed by atoms with E-state index in [2.05, 4.69) is 31.0 Å². The van der Waals surface area contributed by atoms with Crippen LogP contribution in [0.15, 0.2) is 18.5 Å². The number of aryl methyl sites for hydroxylation is 2. The van der Waals surface area contributed by atoms with Gasteiger partial charge in [-0.2, -0.15) is 4.98 Å². The lowest BCUT2D eigenvalue weighted by Crippen LogP contribution is -2.09. The first-order valence-electron chi connectivity index (χ1n) is 7.01. The summed E-state index contributed by atoms with van der Waals surface area (Å²) in [6, 6.07) is 1.73. The van der Waals surface area contributed by atoms with Crippen molar-refractivity contribution in [3.63, 3.8) is 0 Å². The zero-order valence-corrected chi connectivity index (χ0v) is 11.7. The first-order valence-corrected chi connectivity index (χ1v) is 7.01. The van der Waals surface area contributed by atoms with Gasteiger partial charge in [0.2, 0.25) is 11.8 Å². The van der Waals surface area contributed by atoms with Gasteiger partial charge in [0.25, 0.3) is 0 Å². The number of fused-ring (bicyclic) bond motifs is 1. The van der Waals surface area contributed by atoms with Gasteiger partial charge in [-0.3, -0.25) is 0 Å². The van der Waals surface area contributed by atoms with E-state index < -0.39 is 0 Å². The zero-order chi connectivity index (χ0) is 13.8. The molecule has 3 heterocycles. The maximum absolute atomic E-state index is 5.07. The minimum Gasteiger partial charge on any atom is -0.481 e. The van der Waals surface area contributed by atoms with Gasteiger partial charge in [-0.1, -0.05) is 0 Å². The van der Waals surface area contributed by atoms with Crippen LogP contribution in [0.5, 0.6) is 5.88 Å². The molecule has 1 aliphatic rings. The summed E-state index contributed by atoms with van der Waals surface area (Å²) in [6.07, 6.45) is 8.35. The highest BCUT2D eigenvalue weighted by atomic mass is 16.5. The fourth-order valence-electron chi connectivity index (χ4n) is 2.44. The second kappa shape index (κ2) is 5.90. The quantitative estimate of drug-likeness (QED) is 0.897. The van der Waals surface area contributed by atoms with E-state index in [0.717, 1.165) is 31.6 Å². The van der Waals surface area contributed by atoms with Crippen LogP contribution in [0.2, 0.25) is 0 Å². The third kappa shape index (κ3) is 2.89. The van der Waals surface area contributed by atoms with Crippen molar-refractivity contribution >= 4 is 5.95 Å². The van der Waals surface area contributed by atoms with E-state index in [9.17, 15) is 0 Å². The van der Waals surface area contributed by atoms with E-state index in [4.69, 9.17) is 4.74 Å². The molecular formula is C14H19N5O. The molecule has 2 aromatic rings. The smallest absolute Gasteiger partial charge is 0.225 e. The molecule has 0 radical (unpaired) electrons. The molecule has 0 saturated heterocycles. The van der Waals surface area contributed by atoms with Crippen molar-refractivity contribution in [2.75, 3.05) is 19.0 Å². The molecule has 6 heteroatoms. The van der Waals surface area contributed by atoms with Crippen molar-refractivity contribution in [2.24, 2.45) is 0 Å². The Kier molecular flexibility index (Phi) is 3.80. The Bertz CT molecular complexity index is 557. The first-order chi connectivity index (χ1) is 9.85. The maximum Gasteiger partial charge on any atom is 0.225 e. The lowest BCUT2D eigenvalue weighted by molar-refractivity contribution is 0.397. The fraction of sp³-hybridized carbons (Fsp3) is 0.500. The molecule has 0 saturated carbocycles. The van der Waals surface area contributed by atoms with Gasteiger partial charge >= 0.3 is 0 Å². The second-order valence-corrected chi connectivity index (χ2v) is 4.90. The number of nitrogens with one attached hydrogen (secondary N) is 1. The molecule has 20 heavy (non-hydrogen) atoms. The van der Waals surface area contributed by atoms with Crippen LogP contribution in [0.4, 0.5) is 5.95 Å². The van der Waals surface area contributed by atoms with Gasteiger partial charge in [0, 0.05) is 44.4 Å². The summed E-state index contributed by atoms with van der Waals surface area (Å²) in [6.45, 7) is 1.87. The molecule has 0 spiro atoms. The van der Waals surface area contributed by atoms with E-state index in [1.165, 1.54) is 18.7 Å². The highest BCUT2D eigenvalue weighted by Crippen LogP contribution is 2.15. The van der Waals surface area contributed by atoms with E-state index in [0.29, 0.717) is 11.8 Å². The first kappa shape index (κ1) is 12.9. The van der Waals surface area contributed by atoms with Gasteiger partial charge in [-0.05, 0) is 12.8 Å². The number of nitrogens with zero attached hydrogens (tertiary/aromatic N) is 4. The molecule has 0 atom stereocenters. The fourth-order valence-corrected chi connectivity index (χ4v) is 2.44. The summed E-state index contributed by atoms with van der Waals surface area (Å²) in [4.78, 5) is 13.0. The minimum atomic E-state index is 0.569. The average Bonchev–Trinajstić information content (AvgIpc) is 2.90. The SMILES string of the molecule is COc1ccnc(NCCc2cn3c(n2)CCCC3)n1. The summed E-state index contributed by atoms with van der Waals surface area (Å²) in [7, 11) is 1.60. The second-order valence-electron chi connectivity index (χ2n) is 4.90. The standard InChI is InChI=1S/C14H19N5O/c1-20-13-6-8-16-14(18-13)15-7-5-11-10-19-9-3-2-4-12(19)17-11/h6,8,10H,2-5,7,9H2,1H3,(H,15,16,18). The number of imidazole rings is 1. The lowest BCUT2D eigenvalue weighted by atomic mass is 10.2. The maximum atomic E-state index is 5.07. The third-order valence-electron chi connectivity index (χ3n) is 3.46. The molecule has 106 valence electrons. The summed E-state index contributed by atoms with van der Waals surface area (Å²) < 4.78 is 7.35. The van der Waals surface area contributed by atoms with Gasteiger partial charge < -0.3 is 14.6 Å². The van der Waals surface area contributed by atoms with E-state index >= 15 is 0 Å². The Hall–Kier alpha value is -2.11. The number of hydrogen-bond acceptors (Lipinski definition) is 5. The number of rotatable bonds is 5. The Morgan fingerprint density at radius 1 is 1.35 bits per heavy atom. The van der Waals surface area contributed by atoms with Crippen molar-refractivity contribution in [1.82, 2.24) is 19.5 Å². The van der Waals surface area contributed by atoms with Gasteiger partial charge in [0.05, 0.1) is 12.8 Å². The normalized spacial score (nSPS) is 13.8. The van der Waals surface area contributed by atoms with Crippen LogP contribution in [0, 0.1) is 0 Å². The van der Waals surface area contributed by atoms with Crippen molar-refractivity contribution in [1.29, 1.82) is 0 Å². The van der Waals surface area contributed by atoms with Gasteiger partial charge in [-0.25, -0.2) is 9.97 Å². The molecule has 0 aromatic carbocycles. The van der Waals surface area contributed by atoms with Crippen LogP contribution < -0.4 is 10.1 Å². The molecule has 0 fully saturated rings. The molecular weight excluding hydrogens is 254 g/mol. The molecule has 2 aromatic heterocycles. The number of anilines is 1. The molecule has 0 unspecified atom stereocenters. The van der Waals surface area contributed by atoms with Crippen molar-refractivity contribution < 1.29 is 4.74 Å². The van der Waals surface area contributed by atoms with Crippen LogP contribution in [-0.2, 0) is 19.4 Å². The summed E-state index contributed by atoms with van der Waals surface area (Å²) in [5.41, 5.74) is 1.14. The van der Waals surface area contributed by atoms with E-state index in [1.54, 1.807) is 19.4 Å². The van der Waals surface area contributed by atoms with Crippen molar-refractivity contribution in [3.05, 3.63) is 30.0 Å². The van der Waals surface area contributed by atoms with E-state index in [-0.39, 0.29) is 0 Å². The van der Waals surface area contributed by atoms with E-state index in [1.807, 2.05) is 0 Å². The molecule has 1 aliphatic heterocycles. The Labute approximate surface area is 118 Å². The Balaban J connectivity index is 1.55. The molecule has 0 amide bonds. The van der Waals surface area contributed by atoms with Crippen LogP contribution in [0.25, 0.3) is 0 Å². The zero-order valence-electron chi connectivity index (χ0n) is 11.7. The molecule has 0 aliphatic carbocycles. The monoisotopic (exact) mass is 273 g/mol. The van der Waals surface area contributed by atoms with Gasteiger partial charge in [0.15, 0.2) is 0 Å².